The number of hydrogen-bond acceptors (Lipinski definition) is 4. The molecule has 0 bridgehead atoms. The third-order valence-corrected chi connectivity index (χ3v) is 3.55. The van der Waals surface area contributed by atoms with Gasteiger partial charge in [0.05, 0.1) is 12.7 Å². The lowest BCUT2D eigenvalue weighted by Gasteiger charge is -2.33. The summed E-state index contributed by atoms with van der Waals surface area (Å²) in [6, 6.07) is 3.66. The molecule has 1 unspecified atom stereocenters. The first-order valence-electron chi connectivity index (χ1n) is 6.43. The SMILES string of the molecule is CC(C)N[C@@H]1CCc2c(ccc(O)c2CO)C1O. The predicted octanol–water partition coefficient (Wildman–Crippen LogP) is 1.23. The predicted molar refractivity (Wildman–Crippen MR) is 69.4 cm³/mol. The minimum absolute atomic E-state index is 0.0357. The smallest absolute Gasteiger partial charge is 0.121 e. The summed E-state index contributed by atoms with van der Waals surface area (Å²) < 4.78 is 0. The zero-order valence-corrected chi connectivity index (χ0v) is 10.8. The van der Waals surface area contributed by atoms with E-state index in [4.69, 9.17) is 0 Å². The van der Waals surface area contributed by atoms with Crippen molar-refractivity contribution in [3.63, 3.8) is 0 Å². The minimum atomic E-state index is -0.581. The van der Waals surface area contributed by atoms with E-state index in [1.165, 1.54) is 0 Å². The number of aromatic hydroxyl groups is 1. The first kappa shape index (κ1) is 13.3. The molecular formula is C14H21NO3. The van der Waals surface area contributed by atoms with Crippen molar-refractivity contribution in [2.75, 3.05) is 0 Å². The highest BCUT2D eigenvalue weighted by Gasteiger charge is 2.30. The van der Waals surface area contributed by atoms with Gasteiger partial charge in [0, 0.05) is 17.6 Å². The summed E-state index contributed by atoms with van der Waals surface area (Å²) in [5.74, 6) is 0.110. The highest BCUT2D eigenvalue weighted by atomic mass is 16.3. The van der Waals surface area contributed by atoms with Gasteiger partial charge in [-0.1, -0.05) is 19.9 Å². The Hall–Kier alpha value is -1.10. The first-order valence-corrected chi connectivity index (χ1v) is 6.43. The zero-order chi connectivity index (χ0) is 13.3. The Labute approximate surface area is 107 Å². The molecule has 2 rings (SSSR count). The van der Waals surface area contributed by atoms with Crippen LogP contribution in [-0.2, 0) is 13.0 Å². The average Bonchev–Trinajstić information content (AvgIpc) is 2.32. The normalized spacial score (nSPS) is 23.2. The van der Waals surface area contributed by atoms with Crippen molar-refractivity contribution in [1.82, 2.24) is 5.32 Å². The number of benzene rings is 1. The van der Waals surface area contributed by atoms with Crippen LogP contribution in [0.2, 0.25) is 0 Å². The molecule has 4 N–H and O–H groups in total. The molecule has 0 spiro atoms. The molecule has 1 aliphatic rings. The Bertz CT molecular complexity index is 431. The van der Waals surface area contributed by atoms with Crippen LogP contribution in [0.1, 0.15) is 43.1 Å². The molecule has 1 aromatic rings. The summed E-state index contributed by atoms with van der Waals surface area (Å²) in [5, 5.41) is 32.7. The molecule has 0 aromatic heterocycles. The monoisotopic (exact) mass is 251 g/mol. The lowest BCUT2D eigenvalue weighted by Crippen LogP contribution is -2.42. The van der Waals surface area contributed by atoms with Crippen molar-refractivity contribution in [2.24, 2.45) is 0 Å². The van der Waals surface area contributed by atoms with Gasteiger partial charge < -0.3 is 20.6 Å². The second-order valence-electron chi connectivity index (χ2n) is 5.20. The van der Waals surface area contributed by atoms with E-state index < -0.39 is 6.10 Å². The van der Waals surface area contributed by atoms with Crippen molar-refractivity contribution >= 4 is 0 Å². The molecule has 0 amide bonds. The van der Waals surface area contributed by atoms with E-state index in [1.807, 2.05) is 0 Å². The molecule has 0 saturated heterocycles. The summed E-state index contributed by atoms with van der Waals surface area (Å²) in [5.41, 5.74) is 2.27. The highest BCUT2D eigenvalue weighted by molar-refractivity contribution is 5.46. The van der Waals surface area contributed by atoms with Gasteiger partial charge in [0.1, 0.15) is 5.75 Å². The zero-order valence-electron chi connectivity index (χ0n) is 10.8. The van der Waals surface area contributed by atoms with Crippen LogP contribution in [0.4, 0.5) is 0 Å². The second-order valence-corrected chi connectivity index (χ2v) is 5.20. The molecule has 0 aliphatic heterocycles. The summed E-state index contributed by atoms with van der Waals surface area (Å²) in [4.78, 5) is 0. The Morgan fingerprint density at radius 2 is 2.11 bits per heavy atom. The number of rotatable bonds is 3. The Balaban J connectivity index is 2.33. The summed E-state index contributed by atoms with van der Waals surface area (Å²) in [7, 11) is 0. The standard InChI is InChI=1S/C14H21NO3/c1-8(2)15-12-5-3-9-10(14(12)18)4-6-13(17)11(9)7-16/h4,6,8,12,14-18H,3,5,7H2,1-2H3/t12-,14?/m1/s1. The van der Waals surface area contributed by atoms with Crippen LogP contribution in [0.25, 0.3) is 0 Å². The van der Waals surface area contributed by atoms with Crippen molar-refractivity contribution < 1.29 is 15.3 Å². The fourth-order valence-corrected chi connectivity index (χ4v) is 2.72. The van der Waals surface area contributed by atoms with Gasteiger partial charge in [-0.2, -0.15) is 0 Å². The Kier molecular flexibility index (Phi) is 3.90. The molecule has 18 heavy (non-hydrogen) atoms. The van der Waals surface area contributed by atoms with Crippen molar-refractivity contribution in [1.29, 1.82) is 0 Å². The van der Waals surface area contributed by atoms with Gasteiger partial charge in [0.2, 0.25) is 0 Å². The number of nitrogens with one attached hydrogen (secondary N) is 1. The van der Waals surface area contributed by atoms with Crippen molar-refractivity contribution in [3.05, 3.63) is 28.8 Å². The Morgan fingerprint density at radius 3 is 2.72 bits per heavy atom. The maximum atomic E-state index is 10.4. The topological polar surface area (TPSA) is 72.7 Å². The van der Waals surface area contributed by atoms with Crippen molar-refractivity contribution in [2.45, 2.75) is 51.5 Å². The van der Waals surface area contributed by atoms with Gasteiger partial charge in [-0.3, -0.25) is 0 Å². The maximum Gasteiger partial charge on any atom is 0.121 e. The van der Waals surface area contributed by atoms with Gasteiger partial charge in [-0.05, 0) is 30.0 Å². The quantitative estimate of drug-likeness (QED) is 0.652. The molecular weight excluding hydrogens is 230 g/mol. The van der Waals surface area contributed by atoms with Gasteiger partial charge >= 0.3 is 0 Å². The Morgan fingerprint density at radius 1 is 1.39 bits per heavy atom. The van der Waals surface area contributed by atoms with E-state index >= 15 is 0 Å². The summed E-state index contributed by atoms with van der Waals surface area (Å²) in [6.07, 6.45) is 0.992. The van der Waals surface area contributed by atoms with Crippen LogP contribution in [0, 0.1) is 0 Å². The fraction of sp³-hybridized carbons (Fsp3) is 0.571. The third kappa shape index (κ3) is 2.36. The van der Waals surface area contributed by atoms with Crippen LogP contribution < -0.4 is 5.32 Å². The summed E-state index contributed by atoms with van der Waals surface area (Å²) >= 11 is 0. The maximum absolute atomic E-state index is 10.4. The van der Waals surface area contributed by atoms with Gasteiger partial charge in [-0.15, -0.1) is 0 Å². The molecule has 4 heteroatoms. The molecule has 2 atom stereocenters. The number of fused-ring (bicyclic) bond motifs is 1. The number of phenols is 1. The molecule has 0 radical (unpaired) electrons. The molecule has 1 aromatic carbocycles. The third-order valence-electron chi connectivity index (χ3n) is 3.55. The number of aliphatic hydroxyl groups is 2. The molecule has 100 valence electrons. The lowest BCUT2D eigenvalue weighted by atomic mass is 9.83. The first-order chi connectivity index (χ1) is 8.54. The minimum Gasteiger partial charge on any atom is -0.508 e. The largest absolute Gasteiger partial charge is 0.508 e. The lowest BCUT2D eigenvalue weighted by molar-refractivity contribution is 0.110. The molecule has 0 fully saturated rings. The van der Waals surface area contributed by atoms with Crippen LogP contribution in [0.3, 0.4) is 0 Å². The van der Waals surface area contributed by atoms with Crippen LogP contribution in [-0.4, -0.2) is 27.4 Å². The van der Waals surface area contributed by atoms with Crippen LogP contribution >= 0.6 is 0 Å². The molecule has 0 saturated carbocycles. The number of hydrogen-bond donors (Lipinski definition) is 4. The molecule has 4 nitrogen and oxygen atoms in total. The van der Waals surface area contributed by atoms with E-state index in [9.17, 15) is 15.3 Å². The van der Waals surface area contributed by atoms with E-state index in [-0.39, 0.29) is 18.4 Å². The number of aliphatic hydroxyl groups excluding tert-OH is 2. The van der Waals surface area contributed by atoms with E-state index in [1.54, 1.807) is 12.1 Å². The fourth-order valence-electron chi connectivity index (χ4n) is 2.72. The average molecular weight is 251 g/mol. The molecule has 0 heterocycles. The van der Waals surface area contributed by atoms with E-state index in [0.717, 1.165) is 24.0 Å². The van der Waals surface area contributed by atoms with Crippen molar-refractivity contribution in [3.8, 4) is 5.75 Å². The van der Waals surface area contributed by atoms with Gasteiger partial charge in [0.15, 0.2) is 0 Å². The van der Waals surface area contributed by atoms with E-state index in [2.05, 4.69) is 19.2 Å². The van der Waals surface area contributed by atoms with E-state index in [0.29, 0.717) is 11.6 Å². The van der Waals surface area contributed by atoms with Gasteiger partial charge in [-0.25, -0.2) is 0 Å². The second kappa shape index (κ2) is 5.26. The van der Waals surface area contributed by atoms with Gasteiger partial charge in [0.25, 0.3) is 0 Å². The molecule has 1 aliphatic carbocycles. The highest BCUT2D eigenvalue weighted by Crippen LogP contribution is 2.35. The van der Waals surface area contributed by atoms with Crippen LogP contribution in [0.5, 0.6) is 5.75 Å². The van der Waals surface area contributed by atoms with Crippen LogP contribution in [0.15, 0.2) is 12.1 Å². The summed E-state index contributed by atoms with van der Waals surface area (Å²) in [6.45, 7) is 3.92.